The molecule has 0 amide bonds. The van der Waals surface area contributed by atoms with E-state index in [-0.39, 0.29) is 12.6 Å². The van der Waals surface area contributed by atoms with Gasteiger partial charge in [-0.3, -0.25) is 0 Å². The molecule has 1 atom stereocenters. The zero-order valence-corrected chi connectivity index (χ0v) is 13.8. The number of aromatic nitrogens is 2. The van der Waals surface area contributed by atoms with Crippen LogP contribution >= 0.6 is 0 Å². The van der Waals surface area contributed by atoms with Crippen molar-refractivity contribution >= 4 is 0 Å². The topological polar surface area (TPSA) is 64.3 Å². The molecule has 0 bridgehead atoms. The fraction of sp³-hybridized carbons (Fsp3) is 0.150. The van der Waals surface area contributed by atoms with Crippen molar-refractivity contribution in [2.24, 2.45) is 0 Å². The van der Waals surface area contributed by atoms with Crippen LogP contribution in [0.2, 0.25) is 0 Å². The third kappa shape index (κ3) is 2.79. The maximum absolute atomic E-state index is 9.33. The van der Waals surface area contributed by atoms with Gasteiger partial charge in [-0.1, -0.05) is 30.3 Å². The first-order valence-corrected chi connectivity index (χ1v) is 8.13. The van der Waals surface area contributed by atoms with Crippen LogP contribution in [-0.2, 0) is 6.61 Å². The van der Waals surface area contributed by atoms with Crippen molar-refractivity contribution in [3.05, 3.63) is 78.7 Å². The van der Waals surface area contributed by atoms with E-state index in [9.17, 15) is 5.11 Å². The van der Waals surface area contributed by atoms with Gasteiger partial charge in [0.05, 0.1) is 24.3 Å². The molecular weight excluding hydrogens is 316 g/mol. The van der Waals surface area contributed by atoms with Crippen LogP contribution in [0.15, 0.2) is 76.0 Å². The summed E-state index contributed by atoms with van der Waals surface area (Å²) < 4.78 is 13.4. The van der Waals surface area contributed by atoms with Crippen molar-refractivity contribution in [1.82, 2.24) is 9.55 Å². The molecule has 3 aromatic heterocycles. The van der Waals surface area contributed by atoms with Crippen LogP contribution in [0.1, 0.15) is 24.5 Å². The van der Waals surface area contributed by atoms with Crippen molar-refractivity contribution in [3.8, 4) is 22.7 Å². The Bertz CT molecular complexity index is 952. The van der Waals surface area contributed by atoms with Crippen molar-refractivity contribution in [1.29, 1.82) is 0 Å². The number of aliphatic hydroxyl groups is 1. The first-order valence-electron chi connectivity index (χ1n) is 8.13. The van der Waals surface area contributed by atoms with Crippen LogP contribution in [0, 0.1) is 0 Å². The van der Waals surface area contributed by atoms with Crippen LogP contribution in [0.5, 0.6) is 0 Å². The predicted molar refractivity (Wildman–Crippen MR) is 93.8 cm³/mol. The second-order valence-electron chi connectivity index (χ2n) is 5.83. The Hall–Kier alpha value is -3.05. The molecule has 0 aliphatic rings. The highest BCUT2D eigenvalue weighted by Crippen LogP contribution is 2.35. The van der Waals surface area contributed by atoms with E-state index in [0.29, 0.717) is 11.5 Å². The van der Waals surface area contributed by atoms with Gasteiger partial charge in [0.25, 0.3) is 0 Å². The number of furan rings is 2. The van der Waals surface area contributed by atoms with E-state index in [1.165, 1.54) is 0 Å². The molecule has 25 heavy (non-hydrogen) atoms. The molecule has 4 aromatic rings. The van der Waals surface area contributed by atoms with Gasteiger partial charge < -0.3 is 18.5 Å². The molecule has 0 saturated heterocycles. The van der Waals surface area contributed by atoms with E-state index in [1.54, 1.807) is 18.7 Å². The van der Waals surface area contributed by atoms with E-state index >= 15 is 0 Å². The zero-order chi connectivity index (χ0) is 17.2. The lowest BCUT2D eigenvalue weighted by atomic mass is 10.1. The Morgan fingerprint density at radius 2 is 1.92 bits per heavy atom. The summed E-state index contributed by atoms with van der Waals surface area (Å²) in [5, 5.41) is 9.33. The van der Waals surface area contributed by atoms with Gasteiger partial charge in [0, 0.05) is 5.56 Å². The molecule has 1 aromatic carbocycles. The molecule has 3 heterocycles. The van der Waals surface area contributed by atoms with Gasteiger partial charge in [0.15, 0.2) is 5.76 Å². The lowest BCUT2D eigenvalue weighted by Crippen LogP contribution is -2.06. The van der Waals surface area contributed by atoms with Gasteiger partial charge >= 0.3 is 0 Å². The van der Waals surface area contributed by atoms with Gasteiger partial charge in [0.2, 0.25) is 0 Å². The van der Waals surface area contributed by atoms with Crippen molar-refractivity contribution < 1.29 is 13.9 Å². The SMILES string of the molecule is C[C@@H](c1ccco1)n1cnc(-c2ccccc2)c1-c1ccc(CO)o1. The number of imidazole rings is 1. The highest BCUT2D eigenvalue weighted by atomic mass is 16.4. The molecule has 0 unspecified atom stereocenters. The van der Waals surface area contributed by atoms with Gasteiger partial charge in [-0.2, -0.15) is 0 Å². The first kappa shape index (κ1) is 15.5. The zero-order valence-electron chi connectivity index (χ0n) is 13.8. The molecule has 4 rings (SSSR count). The Morgan fingerprint density at radius 1 is 1.08 bits per heavy atom. The van der Waals surface area contributed by atoms with Crippen LogP contribution in [0.3, 0.4) is 0 Å². The predicted octanol–water partition coefficient (Wildman–Crippen LogP) is 4.50. The molecular formula is C20H18N2O3. The third-order valence-electron chi connectivity index (χ3n) is 4.26. The highest BCUT2D eigenvalue weighted by molar-refractivity contribution is 5.76. The molecule has 0 radical (unpaired) electrons. The van der Waals surface area contributed by atoms with E-state index in [0.717, 1.165) is 22.7 Å². The number of nitrogens with zero attached hydrogens (tertiary/aromatic N) is 2. The summed E-state index contributed by atoms with van der Waals surface area (Å²) in [6.45, 7) is 1.91. The van der Waals surface area contributed by atoms with Crippen LogP contribution in [0.25, 0.3) is 22.7 Å². The Morgan fingerprint density at radius 3 is 2.60 bits per heavy atom. The fourth-order valence-electron chi connectivity index (χ4n) is 2.96. The normalized spacial score (nSPS) is 12.4. The summed E-state index contributed by atoms with van der Waals surface area (Å²) in [5.41, 5.74) is 2.69. The first-order chi connectivity index (χ1) is 12.3. The summed E-state index contributed by atoms with van der Waals surface area (Å²) in [4.78, 5) is 4.63. The fourth-order valence-corrected chi connectivity index (χ4v) is 2.96. The van der Waals surface area contributed by atoms with Crippen LogP contribution in [-0.4, -0.2) is 14.7 Å². The molecule has 0 aliphatic heterocycles. The Balaban J connectivity index is 1.89. The molecule has 0 saturated carbocycles. The summed E-state index contributed by atoms with van der Waals surface area (Å²) >= 11 is 0. The lowest BCUT2D eigenvalue weighted by Gasteiger charge is -2.14. The van der Waals surface area contributed by atoms with Crippen molar-refractivity contribution in [2.75, 3.05) is 0 Å². The molecule has 5 nitrogen and oxygen atoms in total. The monoisotopic (exact) mass is 334 g/mol. The average molecular weight is 334 g/mol. The molecule has 1 N–H and O–H groups in total. The Labute approximate surface area is 145 Å². The summed E-state index contributed by atoms with van der Waals surface area (Å²) in [5.74, 6) is 2.03. The van der Waals surface area contributed by atoms with Gasteiger partial charge in [-0.25, -0.2) is 4.98 Å². The minimum Gasteiger partial charge on any atom is -0.467 e. The molecule has 0 spiro atoms. The van der Waals surface area contributed by atoms with Crippen molar-refractivity contribution in [2.45, 2.75) is 19.6 Å². The molecule has 0 fully saturated rings. The van der Waals surface area contributed by atoms with E-state index in [4.69, 9.17) is 8.83 Å². The van der Waals surface area contributed by atoms with Crippen molar-refractivity contribution in [3.63, 3.8) is 0 Å². The van der Waals surface area contributed by atoms with E-state index < -0.39 is 0 Å². The maximum atomic E-state index is 9.33. The lowest BCUT2D eigenvalue weighted by molar-refractivity contribution is 0.248. The minimum absolute atomic E-state index is 0.0439. The van der Waals surface area contributed by atoms with Gasteiger partial charge in [-0.05, 0) is 31.2 Å². The van der Waals surface area contributed by atoms with Crippen LogP contribution < -0.4 is 0 Å². The number of aliphatic hydroxyl groups excluding tert-OH is 1. The molecule has 0 aliphatic carbocycles. The summed E-state index contributed by atoms with van der Waals surface area (Å²) in [6, 6.07) is 17.4. The Kier molecular flexibility index (Phi) is 3.99. The number of benzene rings is 1. The molecule has 5 heteroatoms. The van der Waals surface area contributed by atoms with E-state index in [2.05, 4.69) is 11.9 Å². The number of hydrogen-bond acceptors (Lipinski definition) is 4. The smallest absolute Gasteiger partial charge is 0.153 e. The number of rotatable bonds is 5. The summed E-state index contributed by atoms with van der Waals surface area (Å²) in [7, 11) is 0. The third-order valence-corrected chi connectivity index (χ3v) is 4.26. The second-order valence-corrected chi connectivity index (χ2v) is 5.83. The largest absolute Gasteiger partial charge is 0.467 e. The van der Waals surface area contributed by atoms with Gasteiger partial charge in [0.1, 0.15) is 23.8 Å². The highest BCUT2D eigenvalue weighted by Gasteiger charge is 2.22. The standard InChI is InChI=1S/C20H18N2O3/c1-14(17-8-5-11-24-17)22-13-21-19(15-6-3-2-4-7-15)20(22)18-10-9-16(12-23)25-18/h2-11,13-14,23H,12H2,1H3/t14-/m0/s1. The summed E-state index contributed by atoms with van der Waals surface area (Å²) in [6.07, 6.45) is 3.46. The number of hydrogen-bond donors (Lipinski definition) is 1. The average Bonchev–Trinajstić information content (AvgIpc) is 3.41. The van der Waals surface area contributed by atoms with E-state index in [1.807, 2.05) is 53.1 Å². The second kappa shape index (κ2) is 6.45. The quantitative estimate of drug-likeness (QED) is 0.583. The molecule has 126 valence electrons. The van der Waals surface area contributed by atoms with Gasteiger partial charge in [-0.15, -0.1) is 0 Å². The maximum Gasteiger partial charge on any atom is 0.153 e. The minimum atomic E-state index is -0.136. The van der Waals surface area contributed by atoms with Crippen LogP contribution in [0.4, 0.5) is 0 Å².